The van der Waals surface area contributed by atoms with Gasteiger partial charge in [-0.3, -0.25) is 0 Å². The van der Waals surface area contributed by atoms with Crippen LogP contribution in [0.3, 0.4) is 0 Å². The fraction of sp³-hybridized carbons (Fsp3) is 0.500. The molecular formula is C18H28O4Si. The van der Waals surface area contributed by atoms with Crippen molar-refractivity contribution in [3.05, 3.63) is 30.4 Å². The van der Waals surface area contributed by atoms with Crippen LogP contribution in [0.4, 0.5) is 0 Å². The lowest BCUT2D eigenvalue weighted by Crippen LogP contribution is -2.18. The van der Waals surface area contributed by atoms with Crippen molar-refractivity contribution in [2.45, 2.75) is 39.7 Å². The third kappa shape index (κ3) is 6.90. The smallest absolute Gasteiger partial charge is 0.333 e. The van der Waals surface area contributed by atoms with E-state index in [2.05, 4.69) is 12.6 Å². The Morgan fingerprint density at radius 1 is 1.17 bits per heavy atom. The Kier molecular flexibility index (Phi) is 9.13. The standard InChI is InChI=1S/C18H28O4Si/c1-5-20-15-10-9-11-16(17(15)21-6-2)23-13-8-7-12-22-18(19)14(3)4/h9-11H,3,5-8,12-13,23H2,1-2,4H3. The van der Waals surface area contributed by atoms with Crippen LogP contribution in [0.2, 0.25) is 6.04 Å². The Labute approximate surface area is 141 Å². The lowest BCUT2D eigenvalue weighted by atomic mass is 10.3. The molecule has 0 saturated heterocycles. The molecule has 0 amide bonds. The molecule has 0 aliphatic carbocycles. The highest BCUT2D eigenvalue weighted by Crippen LogP contribution is 2.24. The zero-order valence-electron chi connectivity index (χ0n) is 14.5. The van der Waals surface area contributed by atoms with Crippen LogP contribution in [0.25, 0.3) is 0 Å². The lowest BCUT2D eigenvalue weighted by Gasteiger charge is -2.15. The minimum absolute atomic E-state index is 0.301. The zero-order valence-corrected chi connectivity index (χ0v) is 15.9. The fourth-order valence-electron chi connectivity index (χ4n) is 2.22. The molecule has 0 aromatic heterocycles. The fourth-order valence-corrected chi connectivity index (χ4v) is 4.01. The van der Waals surface area contributed by atoms with Crippen LogP contribution in [0.5, 0.6) is 11.5 Å². The van der Waals surface area contributed by atoms with Gasteiger partial charge >= 0.3 is 5.97 Å². The number of ether oxygens (including phenoxy) is 3. The molecule has 1 aromatic carbocycles. The highest BCUT2D eigenvalue weighted by atomic mass is 28.2. The predicted molar refractivity (Wildman–Crippen MR) is 96.8 cm³/mol. The second-order valence-corrected chi connectivity index (χ2v) is 7.31. The summed E-state index contributed by atoms with van der Waals surface area (Å²) >= 11 is 0. The van der Waals surface area contributed by atoms with E-state index in [9.17, 15) is 4.79 Å². The molecule has 0 aliphatic heterocycles. The number of carbonyl (C=O) groups is 1. The summed E-state index contributed by atoms with van der Waals surface area (Å²) in [5, 5.41) is 1.30. The van der Waals surface area contributed by atoms with Crippen LogP contribution in [-0.2, 0) is 9.53 Å². The quantitative estimate of drug-likeness (QED) is 0.270. The van der Waals surface area contributed by atoms with E-state index in [4.69, 9.17) is 14.2 Å². The molecule has 0 unspecified atom stereocenters. The number of rotatable bonds is 11. The third-order valence-electron chi connectivity index (χ3n) is 3.32. The van der Waals surface area contributed by atoms with Gasteiger partial charge in [0.15, 0.2) is 11.5 Å². The summed E-state index contributed by atoms with van der Waals surface area (Å²) in [7, 11) is -0.425. The zero-order chi connectivity index (χ0) is 17.1. The second-order valence-electron chi connectivity index (χ2n) is 5.34. The summed E-state index contributed by atoms with van der Waals surface area (Å²) in [6.45, 7) is 10.9. The van der Waals surface area contributed by atoms with Crippen LogP contribution in [-0.4, -0.2) is 35.3 Å². The molecule has 0 aliphatic rings. The van der Waals surface area contributed by atoms with Crippen molar-refractivity contribution >= 4 is 20.7 Å². The Hall–Kier alpha value is -1.75. The van der Waals surface area contributed by atoms with E-state index in [-0.39, 0.29) is 5.97 Å². The van der Waals surface area contributed by atoms with Gasteiger partial charge in [-0.1, -0.05) is 31.2 Å². The SMILES string of the molecule is C=C(C)C(=O)OCCCC[SiH2]c1cccc(OCC)c1OCC. The molecule has 0 bridgehead atoms. The van der Waals surface area contributed by atoms with E-state index in [1.54, 1.807) is 6.92 Å². The van der Waals surface area contributed by atoms with Gasteiger partial charge in [-0.25, -0.2) is 4.79 Å². The van der Waals surface area contributed by atoms with Gasteiger partial charge in [-0.15, -0.1) is 0 Å². The maximum Gasteiger partial charge on any atom is 0.333 e. The van der Waals surface area contributed by atoms with Gasteiger partial charge in [0, 0.05) is 5.57 Å². The number of carbonyl (C=O) groups excluding carboxylic acids is 1. The Morgan fingerprint density at radius 2 is 1.91 bits per heavy atom. The molecule has 1 aromatic rings. The van der Waals surface area contributed by atoms with Crippen molar-refractivity contribution < 1.29 is 19.0 Å². The molecule has 0 atom stereocenters. The van der Waals surface area contributed by atoms with E-state index in [1.807, 2.05) is 26.0 Å². The van der Waals surface area contributed by atoms with Gasteiger partial charge in [0.2, 0.25) is 0 Å². The molecule has 5 heteroatoms. The van der Waals surface area contributed by atoms with Crippen LogP contribution < -0.4 is 14.7 Å². The average Bonchev–Trinajstić information content (AvgIpc) is 2.53. The normalized spacial score (nSPS) is 10.7. The Balaban J connectivity index is 2.43. The maximum atomic E-state index is 11.3. The molecule has 1 rings (SSSR count). The van der Waals surface area contributed by atoms with Crippen molar-refractivity contribution in [3.63, 3.8) is 0 Å². The second kappa shape index (κ2) is 10.9. The van der Waals surface area contributed by atoms with E-state index >= 15 is 0 Å². The summed E-state index contributed by atoms with van der Waals surface area (Å²) in [5.74, 6) is 1.46. The number of benzene rings is 1. The first-order chi connectivity index (χ1) is 11.1. The lowest BCUT2D eigenvalue weighted by molar-refractivity contribution is -0.139. The summed E-state index contributed by atoms with van der Waals surface area (Å²) < 4.78 is 16.5. The van der Waals surface area contributed by atoms with Gasteiger partial charge in [-0.05, 0) is 38.4 Å². The molecule has 0 N–H and O–H groups in total. The van der Waals surface area contributed by atoms with Gasteiger partial charge < -0.3 is 14.2 Å². The first-order valence-corrected chi connectivity index (χ1v) is 10.0. The number of unbranched alkanes of at least 4 members (excludes halogenated alkanes) is 1. The molecule has 0 fully saturated rings. The van der Waals surface area contributed by atoms with E-state index in [0.717, 1.165) is 30.4 Å². The summed E-state index contributed by atoms with van der Waals surface area (Å²) in [6.07, 6.45) is 1.95. The average molecular weight is 337 g/mol. The third-order valence-corrected chi connectivity index (χ3v) is 5.27. The maximum absolute atomic E-state index is 11.3. The van der Waals surface area contributed by atoms with Crippen molar-refractivity contribution in [2.24, 2.45) is 0 Å². The topological polar surface area (TPSA) is 44.8 Å². The van der Waals surface area contributed by atoms with E-state index in [1.165, 1.54) is 5.19 Å². The molecular weight excluding hydrogens is 308 g/mol. The largest absolute Gasteiger partial charge is 0.490 e. The predicted octanol–water partition coefficient (Wildman–Crippen LogP) is 2.60. The first-order valence-electron chi connectivity index (χ1n) is 8.30. The molecule has 0 spiro atoms. The van der Waals surface area contributed by atoms with Crippen LogP contribution >= 0.6 is 0 Å². The summed E-state index contributed by atoms with van der Waals surface area (Å²) in [6, 6.07) is 7.29. The molecule has 4 nitrogen and oxygen atoms in total. The van der Waals surface area contributed by atoms with Crippen molar-refractivity contribution in [1.29, 1.82) is 0 Å². The minimum atomic E-state index is -0.425. The number of hydrogen-bond donors (Lipinski definition) is 0. The summed E-state index contributed by atoms with van der Waals surface area (Å²) in [4.78, 5) is 11.3. The highest BCUT2D eigenvalue weighted by Gasteiger charge is 2.10. The van der Waals surface area contributed by atoms with Crippen LogP contribution in [0.15, 0.2) is 30.4 Å². The van der Waals surface area contributed by atoms with Crippen molar-refractivity contribution in [2.75, 3.05) is 19.8 Å². The monoisotopic (exact) mass is 336 g/mol. The van der Waals surface area contributed by atoms with Crippen LogP contribution in [0.1, 0.15) is 33.6 Å². The molecule has 0 saturated carbocycles. The summed E-state index contributed by atoms with van der Waals surface area (Å²) in [5.41, 5.74) is 0.452. The number of para-hydroxylation sites is 1. The van der Waals surface area contributed by atoms with E-state index in [0.29, 0.717) is 25.4 Å². The van der Waals surface area contributed by atoms with Gasteiger partial charge in [0.25, 0.3) is 0 Å². The minimum Gasteiger partial charge on any atom is -0.490 e. The molecule has 128 valence electrons. The Bertz CT molecular complexity index is 514. The van der Waals surface area contributed by atoms with Gasteiger partial charge in [-0.2, -0.15) is 0 Å². The van der Waals surface area contributed by atoms with E-state index < -0.39 is 9.52 Å². The van der Waals surface area contributed by atoms with Gasteiger partial charge in [0.1, 0.15) is 0 Å². The Morgan fingerprint density at radius 3 is 2.57 bits per heavy atom. The molecule has 23 heavy (non-hydrogen) atoms. The van der Waals surface area contributed by atoms with Crippen molar-refractivity contribution in [3.8, 4) is 11.5 Å². The van der Waals surface area contributed by atoms with Crippen LogP contribution in [0, 0.1) is 0 Å². The molecule has 0 radical (unpaired) electrons. The number of esters is 1. The highest BCUT2D eigenvalue weighted by molar-refractivity contribution is 6.54. The number of hydrogen-bond acceptors (Lipinski definition) is 4. The van der Waals surface area contributed by atoms with Gasteiger partial charge in [0.05, 0.1) is 29.3 Å². The van der Waals surface area contributed by atoms with Crippen molar-refractivity contribution in [1.82, 2.24) is 0 Å². The first kappa shape index (κ1) is 19.3. The molecule has 0 heterocycles.